The second kappa shape index (κ2) is 7.34. The normalized spacial score (nSPS) is 9.00. The van der Waals surface area contributed by atoms with Crippen LogP contribution in [0.3, 0.4) is 0 Å². The van der Waals surface area contributed by atoms with E-state index < -0.39 is 6.09 Å². The molecular formula is C9H15NO3. The lowest BCUT2D eigenvalue weighted by atomic mass is 10.2. The molecule has 0 aromatic heterocycles. The third-order valence-electron chi connectivity index (χ3n) is 1.33. The topological polar surface area (TPSA) is 55.4 Å². The van der Waals surface area contributed by atoms with Gasteiger partial charge in [-0.2, -0.15) is 0 Å². The minimum atomic E-state index is -0.675. The Labute approximate surface area is 78.0 Å². The van der Waals surface area contributed by atoms with Crippen LogP contribution >= 0.6 is 0 Å². The van der Waals surface area contributed by atoms with Crippen LogP contribution in [0.5, 0.6) is 0 Å². The van der Waals surface area contributed by atoms with E-state index in [9.17, 15) is 9.59 Å². The molecule has 13 heavy (non-hydrogen) atoms. The summed E-state index contributed by atoms with van der Waals surface area (Å²) in [5, 5.41) is 2.11. The van der Waals surface area contributed by atoms with E-state index in [0.717, 1.165) is 6.42 Å². The Morgan fingerprint density at radius 2 is 2.23 bits per heavy atom. The Morgan fingerprint density at radius 1 is 1.54 bits per heavy atom. The SMILES string of the molecule is C=CCCCC(=O)NC(=O)OCC. The number of amides is 2. The monoisotopic (exact) mass is 185 g/mol. The van der Waals surface area contributed by atoms with Crippen molar-refractivity contribution in [3.63, 3.8) is 0 Å². The molecular weight excluding hydrogens is 170 g/mol. The predicted molar refractivity (Wildman–Crippen MR) is 49.2 cm³/mol. The van der Waals surface area contributed by atoms with Crippen LogP contribution in [0.2, 0.25) is 0 Å². The lowest BCUT2D eigenvalue weighted by Crippen LogP contribution is -2.30. The molecule has 0 aromatic carbocycles. The Morgan fingerprint density at radius 3 is 2.77 bits per heavy atom. The smallest absolute Gasteiger partial charge is 0.413 e. The van der Waals surface area contributed by atoms with Crippen molar-refractivity contribution in [2.24, 2.45) is 0 Å². The second-order valence-corrected chi connectivity index (χ2v) is 2.45. The molecule has 0 fully saturated rings. The number of imide groups is 1. The second-order valence-electron chi connectivity index (χ2n) is 2.45. The third-order valence-corrected chi connectivity index (χ3v) is 1.33. The summed E-state index contributed by atoms with van der Waals surface area (Å²) in [4.78, 5) is 21.7. The minimum absolute atomic E-state index is 0.270. The number of carbonyl (C=O) groups is 2. The Hall–Kier alpha value is -1.32. The molecule has 0 radical (unpaired) electrons. The lowest BCUT2D eigenvalue weighted by molar-refractivity contribution is -0.120. The number of carbonyl (C=O) groups excluding carboxylic acids is 2. The third kappa shape index (κ3) is 7.05. The summed E-state index contributed by atoms with van der Waals surface area (Å²) in [6.45, 7) is 5.48. The van der Waals surface area contributed by atoms with Crippen molar-refractivity contribution in [3.8, 4) is 0 Å². The van der Waals surface area contributed by atoms with Gasteiger partial charge in [0.25, 0.3) is 0 Å². The van der Waals surface area contributed by atoms with E-state index in [-0.39, 0.29) is 12.5 Å². The number of hydrogen-bond donors (Lipinski definition) is 1. The van der Waals surface area contributed by atoms with E-state index in [0.29, 0.717) is 12.8 Å². The molecule has 4 heteroatoms. The number of ether oxygens (including phenoxy) is 1. The van der Waals surface area contributed by atoms with Crippen LogP contribution in [0.15, 0.2) is 12.7 Å². The number of alkyl carbamates (subject to hydrolysis) is 1. The molecule has 0 saturated heterocycles. The largest absolute Gasteiger partial charge is 0.450 e. The van der Waals surface area contributed by atoms with Crippen molar-refractivity contribution >= 4 is 12.0 Å². The summed E-state index contributed by atoms with van der Waals surface area (Å²) >= 11 is 0. The molecule has 0 aliphatic rings. The van der Waals surface area contributed by atoms with Gasteiger partial charge in [0.2, 0.25) is 5.91 Å². The fourth-order valence-electron chi connectivity index (χ4n) is 0.750. The first kappa shape index (κ1) is 11.7. The first-order chi connectivity index (χ1) is 6.20. The number of unbranched alkanes of at least 4 members (excludes halogenated alkanes) is 1. The highest BCUT2D eigenvalue weighted by molar-refractivity contribution is 5.91. The Kier molecular flexibility index (Phi) is 6.59. The van der Waals surface area contributed by atoms with Gasteiger partial charge in [-0.1, -0.05) is 6.08 Å². The van der Waals surface area contributed by atoms with Gasteiger partial charge in [0, 0.05) is 6.42 Å². The van der Waals surface area contributed by atoms with E-state index >= 15 is 0 Å². The van der Waals surface area contributed by atoms with Crippen LogP contribution in [0, 0.1) is 0 Å². The van der Waals surface area contributed by atoms with E-state index in [1.807, 2.05) is 0 Å². The molecule has 0 saturated carbocycles. The molecule has 0 atom stereocenters. The van der Waals surface area contributed by atoms with Gasteiger partial charge in [-0.15, -0.1) is 6.58 Å². The van der Waals surface area contributed by atoms with Crippen LogP contribution in [0.25, 0.3) is 0 Å². The van der Waals surface area contributed by atoms with Crippen LogP contribution in [-0.4, -0.2) is 18.6 Å². The van der Waals surface area contributed by atoms with Gasteiger partial charge in [0.1, 0.15) is 0 Å². The molecule has 74 valence electrons. The van der Waals surface area contributed by atoms with Crippen molar-refractivity contribution in [2.75, 3.05) is 6.61 Å². The van der Waals surface area contributed by atoms with Gasteiger partial charge in [0.05, 0.1) is 6.61 Å². The molecule has 4 nitrogen and oxygen atoms in total. The van der Waals surface area contributed by atoms with Crippen molar-refractivity contribution in [1.82, 2.24) is 5.32 Å². The molecule has 0 unspecified atom stereocenters. The van der Waals surface area contributed by atoms with Gasteiger partial charge >= 0.3 is 6.09 Å². The quantitative estimate of drug-likeness (QED) is 0.523. The molecule has 0 aromatic rings. The summed E-state index contributed by atoms with van der Waals surface area (Å²) in [5.74, 6) is -0.305. The van der Waals surface area contributed by atoms with E-state index in [2.05, 4.69) is 16.6 Å². The van der Waals surface area contributed by atoms with E-state index in [1.165, 1.54) is 0 Å². The van der Waals surface area contributed by atoms with Crippen LogP contribution in [0.1, 0.15) is 26.2 Å². The molecule has 0 spiro atoms. The summed E-state index contributed by atoms with van der Waals surface area (Å²) in [6.07, 6.45) is 2.86. The molecule has 0 rings (SSSR count). The molecule has 2 amide bonds. The highest BCUT2D eigenvalue weighted by Crippen LogP contribution is 1.95. The van der Waals surface area contributed by atoms with Gasteiger partial charge < -0.3 is 4.74 Å². The summed E-state index contributed by atoms with van der Waals surface area (Å²) < 4.78 is 4.53. The molecule has 0 aliphatic carbocycles. The van der Waals surface area contributed by atoms with Crippen LogP contribution in [0.4, 0.5) is 4.79 Å². The van der Waals surface area contributed by atoms with E-state index in [1.54, 1.807) is 13.0 Å². The molecule has 0 aliphatic heterocycles. The summed E-state index contributed by atoms with van der Waals surface area (Å²) in [5.41, 5.74) is 0. The summed E-state index contributed by atoms with van der Waals surface area (Å²) in [6, 6.07) is 0. The standard InChI is InChI=1S/C9H15NO3/c1-3-5-6-7-8(11)10-9(12)13-4-2/h3H,1,4-7H2,2H3,(H,10,11,12). The van der Waals surface area contributed by atoms with Gasteiger partial charge in [0.15, 0.2) is 0 Å². The first-order valence-electron chi connectivity index (χ1n) is 4.28. The zero-order valence-corrected chi connectivity index (χ0v) is 7.84. The fraction of sp³-hybridized carbons (Fsp3) is 0.556. The highest BCUT2D eigenvalue weighted by Gasteiger charge is 2.06. The van der Waals surface area contributed by atoms with Gasteiger partial charge in [-0.05, 0) is 19.8 Å². The maximum absolute atomic E-state index is 11.0. The maximum Gasteiger partial charge on any atom is 0.413 e. The van der Waals surface area contributed by atoms with Gasteiger partial charge in [-0.3, -0.25) is 10.1 Å². The summed E-state index contributed by atoms with van der Waals surface area (Å²) in [7, 11) is 0. The first-order valence-corrected chi connectivity index (χ1v) is 4.28. The van der Waals surface area contributed by atoms with Crippen molar-refractivity contribution in [3.05, 3.63) is 12.7 Å². The maximum atomic E-state index is 11.0. The number of nitrogens with one attached hydrogen (secondary N) is 1. The molecule has 0 bridgehead atoms. The zero-order valence-electron chi connectivity index (χ0n) is 7.84. The molecule has 1 N–H and O–H groups in total. The predicted octanol–water partition coefficient (Wildman–Crippen LogP) is 1.62. The fourth-order valence-corrected chi connectivity index (χ4v) is 0.750. The van der Waals surface area contributed by atoms with Crippen LogP contribution in [-0.2, 0) is 9.53 Å². The Bertz CT molecular complexity index is 189. The average Bonchev–Trinajstić information content (AvgIpc) is 2.05. The Balaban J connectivity index is 3.49. The highest BCUT2D eigenvalue weighted by atomic mass is 16.5. The van der Waals surface area contributed by atoms with Crippen LogP contribution < -0.4 is 5.32 Å². The van der Waals surface area contributed by atoms with Crippen molar-refractivity contribution in [2.45, 2.75) is 26.2 Å². The average molecular weight is 185 g/mol. The number of hydrogen-bond acceptors (Lipinski definition) is 3. The van der Waals surface area contributed by atoms with Gasteiger partial charge in [-0.25, -0.2) is 4.79 Å². The van der Waals surface area contributed by atoms with Crippen molar-refractivity contribution < 1.29 is 14.3 Å². The van der Waals surface area contributed by atoms with E-state index in [4.69, 9.17) is 0 Å². The zero-order chi connectivity index (χ0) is 10.1. The number of rotatable bonds is 5. The lowest BCUT2D eigenvalue weighted by Gasteiger charge is -2.02. The van der Waals surface area contributed by atoms with Crippen molar-refractivity contribution in [1.29, 1.82) is 0 Å². The number of allylic oxidation sites excluding steroid dienone is 1. The molecule has 0 heterocycles. The minimum Gasteiger partial charge on any atom is -0.450 e.